The monoisotopic (exact) mass is 282 g/mol. The van der Waals surface area contributed by atoms with Crippen molar-refractivity contribution in [3.63, 3.8) is 0 Å². The Morgan fingerprint density at radius 1 is 1.50 bits per heavy atom. The predicted molar refractivity (Wildman–Crippen MR) is 78.5 cm³/mol. The van der Waals surface area contributed by atoms with Crippen molar-refractivity contribution < 1.29 is 14.3 Å². The first-order valence-electron chi connectivity index (χ1n) is 6.88. The van der Waals surface area contributed by atoms with Gasteiger partial charge in [0.1, 0.15) is 5.82 Å². The normalized spacial score (nSPS) is 12.2. The second-order valence-electron chi connectivity index (χ2n) is 5.04. The van der Waals surface area contributed by atoms with Gasteiger partial charge in [0.15, 0.2) is 0 Å². The Morgan fingerprint density at radius 3 is 2.80 bits per heavy atom. The van der Waals surface area contributed by atoms with Gasteiger partial charge in [0.25, 0.3) is 0 Å². The van der Waals surface area contributed by atoms with Crippen LogP contribution in [0.4, 0.5) is 10.1 Å². The van der Waals surface area contributed by atoms with Crippen LogP contribution in [0.25, 0.3) is 0 Å². The number of carboxylic acids is 1. The molecule has 1 aromatic rings. The molecule has 0 spiro atoms. The predicted octanol–water partition coefficient (Wildman–Crippen LogP) is 2.62. The minimum atomic E-state index is -0.883. The van der Waals surface area contributed by atoms with Crippen LogP contribution in [0.3, 0.4) is 0 Å². The Bertz CT molecular complexity index is 451. The molecule has 4 nitrogen and oxygen atoms in total. The van der Waals surface area contributed by atoms with Crippen LogP contribution in [0.1, 0.15) is 32.3 Å². The average molecular weight is 282 g/mol. The summed E-state index contributed by atoms with van der Waals surface area (Å²) in [6.45, 7) is 5.17. The molecule has 112 valence electrons. The van der Waals surface area contributed by atoms with Gasteiger partial charge in [0, 0.05) is 26.2 Å². The van der Waals surface area contributed by atoms with Crippen LogP contribution in [0.2, 0.25) is 0 Å². The Labute approximate surface area is 119 Å². The third kappa shape index (κ3) is 5.17. The van der Waals surface area contributed by atoms with E-state index in [2.05, 4.69) is 19.2 Å². The lowest BCUT2D eigenvalue weighted by Crippen LogP contribution is -2.25. The number of carbonyl (C=O) groups is 1. The van der Waals surface area contributed by atoms with E-state index in [1.807, 2.05) is 0 Å². The molecule has 0 saturated carbocycles. The number of halogens is 1. The first kappa shape index (κ1) is 16.4. The average Bonchev–Trinajstić information content (AvgIpc) is 2.43. The summed E-state index contributed by atoms with van der Waals surface area (Å²) in [7, 11) is 1.70. The Kier molecular flexibility index (Phi) is 6.45. The highest BCUT2D eigenvalue weighted by Crippen LogP contribution is 2.20. The molecule has 0 aliphatic carbocycles. The number of benzene rings is 1. The maximum Gasteiger partial charge on any atom is 0.305 e. The fourth-order valence-electron chi connectivity index (χ4n) is 1.78. The standard InChI is InChI=1S/C15H23FN2O2/c1-4-11(2)17-10-12-5-6-13(16)14(9-12)18(3)8-7-15(19)20/h5-6,9,11,17H,4,7-8,10H2,1-3H3,(H,19,20). The van der Waals surface area contributed by atoms with Gasteiger partial charge >= 0.3 is 5.97 Å². The number of aliphatic carboxylic acids is 1. The molecule has 1 atom stereocenters. The van der Waals surface area contributed by atoms with Crippen LogP contribution in [0, 0.1) is 5.82 Å². The lowest BCUT2D eigenvalue weighted by atomic mass is 10.1. The van der Waals surface area contributed by atoms with Gasteiger partial charge in [-0.2, -0.15) is 0 Å². The fourth-order valence-corrected chi connectivity index (χ4v) is 1.78. The van der Waals surface area contributed by atoms with Gasteiger partial charge in [0.2, 0.25) is 0 Å². The highest BCUT2D eigenvalue weighted by Gasteiger charge is 2.10. The van der Waals surface area contributed by atoms with Gasteiger partial charge in [-0.25, -0.2) is 4.39 Å². The van der Waals surface area contributed by atoms with Crippen LogP contribution < -0.4 is 10.2 Å². The zero-order chi connectivity index (χ0) is 15.1. The molecule has 0 saturated heterocycles. The molecule has 2 N–H and O–H groups in total. The molecule has 0 amide bonds. The molecular formula is C15H23FN2O2. The minimum absolute atomic E-state index is 0.00864. The van der Waals surface area contributed by atoms with Gasteiger partial charge in [-0.1, -0.05) is 13.0 Å². The molecule has 0 heterocycles. The van der Waals surface area contributed by atoms with Gasteiger partial charge in [0.05, 0.1) is 12.1 Å². The zero-order valence-corrected chi connectivity index (χ0v) is 12.3. The zero-order valence-electron chi connectivity index (χ0n) is 12.3. The van der Waals surface area contributed by atoms with Crippen molar-refractivity contribution in [3.8, 4) is 0 Å². The maximum absolute atomic E-state index is 13.8. The number of rotatable bonds is 8. The van der Waals surface area contributed by atoms with Crippen molar-refractivity contribution in [1.82, 2.24) is 5.32 Å². The first-order chi connectivity index (χ1) is 9.43. The molecule has 1 rings (SSSR count). The Balaban J connectivity index is 2.72. The highest BCUT2D eigenvalue weighted by molar-refractivity contribution is 5.67. The summed E-state index contributed by atoms with van der Waals surface area (Å²) in [5.74, 6) is -1.21. The molecule has 0 radical (unpaired) electrons. The van der Waals surface area contributed by atoms with E-state index >= 15 is 0 Å². The summed E-state index contributed by atoms with van der Waals surface area (Å²) in [6, 6.07) is 5.36. The Morgan fingerprint density at radius 2 is 2.20 bits per heavy atom. The summed E-state index contributed by atoms with van der Waals surface area (Å²) in [6.07, 6.45) is 1.03. The topological polar surface area (TPSA) is 52.6 Å². The number of hydrogen-bond donors (Lipinski definition) is 2. The number of nitrogens with zero attached hydrogens (tertiary/aromatic N) is 1. The third-order valence-corrected chi connectivity index (χ3v) is 3.35. The minimum Gasteiger partial charge on any atom is -0.481 e. The van der Waals surface area contributed by atoms with Crippen molar-refractivity contribution in [2.75, 3.05) is 18.5 Å². The van der Waals surface area contributed by atoms with Crippen LogP contribution in [0.5, 0.6) is 0 Å². The van der Waals surface area contributed by atoms with E-state index < -0.39 is 5.97 Å². The summed E-state index contributed by atoms with van der Waals surface area (Å²) in [5, 5.41) is 12.0. The van der Waals surface area contributed by atoms with E-state index in [1.54, 1.807) is 24.1 Å². The van der Waals surface area contributed by atoms with E-state index in [0.29, 0.717) is 18.3 Å². The smallest absolute Gasteiger partial charge is 0.305 e. The van der Waals surface area contributed by atoms with Crippen LogP contribution >= 0.6 is 0 Å². The molecule has 0 fully saturated rings. The molecule has 1 unspecified atom stereocenters. The summed E-state index contributed by atoms with van der Waals surface area (Å²) in [4.78, 5) is 12.2. The second kappa shape index (κ2) is 7.85. The van der Waals surface area contributed by atoms with E-state index in [0.717, 1.165) is 12.0 Å². The molecule has 1 aromatic carbocycles. The SMILES string of the molecule is CCC(C)NCc1ccc(F)c(N(C)CCC(=O)O)c1. The van der Waals surface area contributed by atoms with Crippen LogP contribution in [0.15, 0.2) is 18.2 Å². The lowest BCUT2D eigenvalue weighted by molar-refractivity contribution is -0.136. The Hall–Kier alpha value is -1.62. The van der Waals surface area contributed by atoms with E-state index in [-0.39, 0.29) is 18.8 Å². The van der Waals surface area contributed by atoms with Crippen molar-refractivity contribution in [2.24, 2.45) is 0 Å². The van der Waals surface area contributed by atoms with E-state index in [1.165, 1.54) is 6.07 Å². The summed E-state index contributed by atoms with van der Waals surface area (Å²) in [5.41, 5.74) is 1.43. The maximum atomic E-state index is 13.8. The summed E-state index contributed by atoms with van der Waals surface area (Å²) < 4.78 is 13.8. The van der Waals surface area contributed by atoms with E-state index in [4.69, 9.17) is 5.11 Å². The quantitative estimate of drug-likeness (QED) is 0.769. The molecule has 0 bridgehead atoms. The highest BCUT2D eigenvalue weighted by atomic mass is 19.1. The number of hydrogen-bond acceptors (Lipinski definition) is 3. The van der Waals surface area contributed by atoms with Crippen molar-refractivity contribution in [1.29, 1.82) is 0 Å². The summed E-state index contributed by atoms with van der Waals surface area (Å²) >= 11 is 0. The van der Waals surface area contributed by atoms with Gasteiger partial charge < -0.3 is 15.3 Å². The molecule has 5 heteroatoms. The van der Waals surface area contributed by atoms with Gasteiger partial charge in [-0.05, 0) is 31.0 Å². The molecule has 20 heavy (non-hydrogen) atoms. The fraction of sp³-hybridized carbons (Fsp3) is 0.533. The van der Waals surface area contributed by atoms with Crippen molar-refractivity contribution in [2.45, 2.75) is 39.3 Å². The lowest BCUT2D eigenvalue weighted by Gasteiger charge is -2.20. The largest absolute Gasteiger partial charge is 0.481 e. The number of carboxylic acid groups (broad SMARTS) is 1. The van der Waals surface area contributed by atoms with E-state index in [9.17, 15) is 9.18 Å². The molecule has 0 aliphatic heterocycles. The van der Waals surface area contributed by atoms with Crippen molar-refractivity contribution >= 4 is 11.7 Å². The third-order valence-electron chi connectivity index (χ3n) is 3.35. The van der Waals surface area contributed by atoms with Gasteiger partial charge in [-0.3, -0.25) is 4.79 Å². The number of anilines is 1. The molecule has 0 aromatic heterocycles. The first-order valence-corrected chi connectivity index (χ1v) is 6.88. The second-order valence-corrected chi connectivity index (χ2v) is 5.04. The van der Waals surface area contributed by atoms with Crippen LogP contribution in [-0.2, 0) is 11.3 Å². The molecular weight excluding hydrogens is 259 g/mol. The number of nitrogens with one attached hydrogen (secondary N) is 1. The van der Waals surface area contributed by atoms with Crippen molar-refractivity contribution in [3.05, 3.63) is 29.6 Å². The molecule has 0 aliphatic rings. The van der Waals surface area contributed by atoms with Crippen LogP contribution in [-0.4, -0.2) is 30.7 Å². The van der Waals surface area contributed by atoms with Gasteiger partial charge in [-0.15, -0.1) is 0 Å².